The van der Waals surface area contributed by atoms with E-state index in [1.54, 1.807) is 30.7 Å². The van der Waals surface area contributed by atoms with Gasteiger partial charge >= 0.3 is 0 Å². The smallest absolute Gasteiger partial charge is 0.228 e. The molecule has 0 aliphatic carbocycles. The van der Waals surface area contributed by atoms with Crippen LogP contribution in [-0.2, 0) is 0 Å². The summed E-state index contributed by atoms with van der Waals surface area (Å²) in [6.45, 7) is 0. The number of nitrogens with one attached hydrogen (secondary N) is 2. The highest BCUT2D eigenvalue weighted by Crippen LogP contribution is 2.05. The third-order valence-corrected chi connectivity index (χ3v) is 1.31. The van der Waals surface area contributed by atoms with Crippen LogP contribution in [0.25, 0.3) is 0 Å². The highest BCUT2D eigenvalue weighted by Gasteiger charge is 1.94. The van der Waals surface area contributed by atoms with Crippen molar-refractivity contribution < 1.29 is 0 Å². The Balaban J connectivity index is 2.15. The molecule has 0 unspecified atom stereocenters. The first-order valence-corrected chi connectivity index (χ1v) is 3.48. The minimum Gasteiger partial charge on any atom is -0.309 e. The molecule has 0 saturated carbocycles. The fourth-order valence-electron chi connectivity index (χ4n) is 0.810. The molecule has 5 nitrogen and oxygen atoms in total. The molecule has 2 rings (SSSR count). The lowest BCUT2D eigenvalue weighted by atomic mass is 10.6. The van der Waals surface area contributed by atoms with E-state index in [9.17, 15) is 0 Å². The number of hydrogen-bond donors (Lipinski definition) is 2. The molecular weight excluding hydrogens is 154 g/mol. The maximum absolute atomic E-state index is 3.98. The topological polar surface area (TPSA) is 66.5 Å². The van der Waals surface area contributed by atoms with Crippen molar-refractivity contribution in [1.29, 1.82) is 0 Å². The molecule has 12 heavy (non-hydrogen) atoms. The monoisotopic (exact) mass is 161 g/mol. The summed E-state index contributed by atoms with van der Waals surface area (Å²) >= 11 is 0. The van der Waals surface area contributed by atoms with Crippen LogP contribution < -0.4 is 5.32 Å². The Morgan fingerprint density at radius 2 is 2.00 bits per heavy atom. The number of anilines is 2. The molecule has 0 amide bonds. The Morgan fingerprint density at radius 3 is 2.67 bits per heavy atom. The Labute approximate surface area is 68.9 Å². The highest BCUT2D eigenvalue weighted by atomic mass is 15.2. The molecule has 0 spiro atoms. The van der Waals surface area contributed by atoms with Gasteiger partial charge in [0.25, 0.3) is 0 Å². The zero-order valence-electron chi connectivity index (χ0n) is 6.23. The zero-order chi connectivity index (χ0) is 8.23. The number of rotatable bonds is 2. The Morgan fingerprint density at radius 1 is 1.17 bits per heavy atom. The molecule has 2 aromatic heterocycles. The van der Waals surface area contributed by atoms with Crippen molar-refractivity contribution >= 4 is 11.8 Å². The Kier molecular flexibility index (Phi) is 1.69. The standard InChI is InChI=1S/C7H7N5/c1-3-8-7(9-4-1)11-6-2-5-10-12-6/h1-5H,(H2,8,9,10,11,12). The van der Waals surface area contributed by atoms with E-state index in [2.05, 4.69) is 25.5 Å². The summed E-state index contributed by atoms with van der Waals surface area (Å²) in [5.74, 6) is 1.34. The van der Waals surface area contributed by atoms with Gasteiger partial charge in [-0.3, -0.25) is 5.10 Å². The van der Waals surface area contributed by atoms with Crippen LogP contribution in [0, 0.1) is 0 Å². The van der Waals surface area contributed by atoms with E-state index in [0.717, 1.165) is 5.82 Å². The molecule has 0 aliphatic rings. The van der Waals surface area contributed by atoms with Gasteiger partial charge in [-0.15, -0.1) is 0 Å². The summed E-state index contributed by atoms with van der Waals surface area (Å²) in [6.07, 6.45) is 5.00. The molecule has 2 aromatic rings. The number of H-pyrrole nitrogens is 1. The first-order chi connectivity index (χ1) is 5.95. The molecule has 0 fully saturated rings. The van der Waals surface area contributed by atoms with Crippen molar-refractivity contribution in [2.45, 2.75) is 0 Å². The summed E-state index contributed by atoms with van der Waals surface area (Å²) in [5, 5.41) is 9.46. The summed E-state index contributed by atoms with van der Waals surface area (Å²) in [4.78, 5) is 7.97. The third-order valence-electron chi connectivity index (χ3n) is 1.31. The zero-order valence-corrected chi connectivity index (χ0v) is 6.23. The molecule has 0 atom stereocenters. The maximum Gasteiger partial charge on any atom is 0.228 e. The van der Waals surface area contributed by atoms with Crippen molar-refractivity contribution in [1.82, 2.24) is 20.2 Å². The van der Waals surface area contributed by atoms with Gasteiger partial charge in [0.05, 0.1) is 6.20 Å². The van der Waals surface area contributed by atoms with Gasteiger partial charge in [-0.25, -0.2) is 9.97 Å². The van der Waals surface area contributed by atoms with Crippen molar-refractivity contribution in [2.24, 2.45) is 0 Å². The molecule has 60 valence electrons. The van der Waals surface area contributed by atoms with Gasteiger partial charge in [0, 0.05) is 18.5 Å². The van der Waals surface area contributed by atoms with Gasteiger partial charge < -0.3 is 5.32 Å². The van der Waals surface area contributed by atoms with E-state index in [-0.39, 0.29) is 0 Å². The Hall–Kier alpha value is -1.91. The lowest BCUT2D eigenvalue weighted by Crippen LogP contribution is -1.95. The van der Waals surface area contributed by atoms with Crippen molar-refractivity contribution in [3.8, 4) is 0 Å². The van der Waals surface area contributed by atoms with Crippen molar-refractivity contribution in [3.63, 3.8) is 0 Å². The van der Waals surface area contributed by atoms with Gasteiger partial charge in [0.1, 0.15) is 5.82 Å². The van der Waals surface area contributed by atoms with Gasteiger partial charge in [-0.1, -0.05) is 0 Å². The minimum absolute atomic E-state index is 0.557. The SMILES string of the molecule is c1cnc(Nc2ccn[nH]2)nc1. The minimum atomic E-state index is 0.557. The first-order valence-electron chi connectivity index (χ1n) is 3.48. The van der Waals surface area contributed by atoms with E-state index >= 15 is 0 Å². The van der Waals surface area contributed by atoms with E-state index in [1.165, 1.54) is 0 Å². The second kappa shape index (κ2) is 3.00. The normalized spacial score (nSPS) is 9.67. The number of nitrogens with zero attached hydrogens (tertiary/aromatic N) is 3. The van der Waals surface area contributed by atoms with E-state index in [4.69, 9.17) is 0 Å². The average Bonchev–Trinajstić information content (AvgIpc) is 2.59. The fraction of sp³-hybridized carbons (Fsp3) is 0. The summed E-state index contributed by atoms with van der Waals surface area (Å²) in [5.41, 5.74) is 0. The Bertz CT molecular complexity index is 328. The largest absolute Gasteiger partial charge is 0.309 e. The fourth-order valence-corrected chi connectivity index (χ4v) is 0.810. The van der Waals surface area contributed by atoms with Gasteiger partial charge in [-0.2, -0.15) is 5.10 Å². The quantitative estimate of drug-likeness (QED) is 0.688. The third kappa shape index (κ3) is 1.39. The average molecular weight is 161 g/mol. The van der Waals surface area contributed by atoms with Crippen LogP contribution in [0.1, 0.15) is 0 Å². The molecular formula is C7H7N5. The molecule has 0 aromatic carbocycles. The van der Waals surface area contributed by atoms with Crippen molar-refractivity contribution in [3.05, 3.63) is 30.7 Å². The number of aromatic amines is 1. The lowest BCUT2D eigenvalue weighted by Gasteiger charge is -1.98. The predicted molar refractivity (Wildman–Crippen MR) is 43.9 cm³/mol. The molecule has 0 bridgehead atoms. The second-order valence-electron chi connectivity index (χ2n) is 2.17. The number of hydrogen-bond acceptors (Lipinski definition) is 4. The van der Waals surface area contributed by atoms with Crippen LogP contribution in [0.4, 0.5) is 11.8 Å². The number of aromatic nitrogens is 4. The van der Waals surface area contributed by atoms with Crippen LogP contribution in [-0.4, -0.2) is 20.2 Å². The maximum atomic E-state index is 3.98. The van der Waals surface area contributed by atoms with Gasteiger partial charge in [0.2, 0.25) is 5.95 Å². The van der Waals surface area contributed by atoms with Gasteiger partial charge in [-0.05, 0) is 6.07 Å². The summed E-state index contributed by atoms with van der Waals surface area (Å²) < 4.78 is 0. The van der Waals surface area contributed by atoms with Crippen LogP contribution >= 0.6 is 0 Å². The summed E-state index contributed by atoms with van der Waals surface area (Å²) in [6, 6.07) is 3.56. The van der Waals surface area contributed by atoms with E-state index < -0.39 is 0 Å². The first kappa shape index (κ1) is 6.78. The molecule has 0 aliphatic heterocycles. The molecule has 0 saturated heterocycles. The molecule has 2 heterocycles. The molecule has 2 N–H and O–H groups in total. The molecule has 0 radical (unpaired) electrons. The van der Waals surface area contributed by atoms with Crippen LogP contribution in [0.2, 0.25) is 0 Å². The van der Waals surface area contributed by atoms with Crippen LogP contribution in [0.3, 0.4) is 0 Å². The van der Waals surface area contributed by atoms with E-state index in [1.807, 2.05) is 0 Å². The second-order valence-corrected chi connectivity index (χ2v) is 2.17. The van der Waals surface area contributed by atoms with Gasteiger partial charge in [0.15, 0.2) is 0 Å². The summed E-state index contributed by atoms with van der Waals surface area (Å²) in [7, 11) is 0. The highest BCUT2D eigenvalue weighted by molar-refractivity contribution is 5.45. The molecule has 5 heteroatoms. The lowest BCUT2D eigenvalue weighted by molar-refractivity contribution is 1.08. The van der Waals surface area contributed by atoms with Crippen molar-refractivity contribution in [2.75, 3.05) is 5.32 Å². The van der Waals surface area contributed by atoms with E-state index in [0.29, 0.717) is 5.95 Å². The van der Waals surface area contributed by atoms with Crippen LogP contribution in [0.5, 0.6) is 0 Å². The van der Waals surface area contributed by atoms with Crippen LogP contribution in [0.15, 0.2) is 30.7 Å². The predicted octanol–water partition coefficient (Wildman–Crippen LogP) is 0.943.